The summed E-state index contributed by atoms with van der Waals surface area (Å²) < 4.78 is 29.8. The summed E-state index contributed by atoms with van der Waals surface area (Å²) in [5, 5.41) is 10.1. The number of aromatic nitrogens is 1. The van der Waals surface area contributed by atoms with E-state index in [-0.39, 0.29) is 11.8 Å². The number of benzene rings is 1. The molecule has 0 radical (unpaired) electrons. The molecule has 27 heavy (non-hydrogen) atoms. The quantitative estimate of drug-likeness (QED) is 0.757. The molecule has 6 nitrogen and oxygen atoms in total. The molecule has 1 aromatic heterocycles. The largest absolute Gasteiger partial charge is 0.487 e. The topological polar surface area (TPSA) is 88.7 Å². The Labute approximate surface area is 159 Å². The predicted molar refractivity (Wildman–Crippen MR) is 96.0 cm³/mol. The van der Waals surface area contributed by atoms with Gasteiger partial charge in [0.2, 0.25) is 5.91 Å². The first-order chi connectivity index (χ1) is 12.7. The number of pyridine rings is 1. The maximum absolute atomic E-state index is 12.7. The summed E-state index contributed by atoms with van der Waals surface area (Å²) in [5.41, 5.74) is 2.57. The van der Waals surface area contributed by atoms with Crippen LogP contribution in [0.3, 0.4) is 0 Å². The molecule has 2 heterocycles. The van der Waals surface area contributed by atoms with Crippen LogP contribution in [-0.4, -0.2) is 34.2 Å². The third-order valence-corrected chi connectivity index (χ3v) is 4.48. The van der Waals surface area contributed by atoms with Crippen molar-refractivity contribution in [3.8, 4) is 5.75 Å². The van der Waals surface area contributed by atoms with E-state index >= 15 is 0 Å². The molecule has 1 fully saturated rings. The van der Waals surface area contributed by atoms with Crippen molar-refractivity contribution in [2.75, 3.05) is 11.4 Å². The first kappa shape index (κ1) is 19.3. The van der Waals surface area contributed by atoms with Crippen LogP contribution in [0, 0.1) is 0 Å². The Bertz CT molecular complexity index is 797. The highest BCUT2D eigenvalue weighted by Gasteiger charge is 2.31. The molecule has 2 aromatic rings. The molecule has 0 spiro atoms. The van der Waals surface area contributed by atoms with Crippen molar-refractivity contribution in [1.82, 2.24) is 4.98 Å². The smallest absolute Gasteiger partial charge is 0.420 e. The second-order valence-electron chi connectivity index (χ2n) is 6.27. The van der Waals surface area contributed by atoms with E-state index in [1.807, 2.05) is 4.90 Å². The number of halogens is 3. The minimum atomic E-state index is -3.78. The molecular formula is C18H18ClF2N3O3. The lowest BCUT2D eigenvalue weighted by atomic mass is 9.93. The fraction of sp³-hybridized carbons (Fsp3) is 0.333. The Morgan fingerprint density at radius 3 is 2.56 bits per heavy atom. The van der Waals surface area contributed by atoms with Crippen molar-refractivity contribution >= 4 is 23.3 Å². The van der Waals surface area contributed by atoms with Crippen LogP contribution < -0.4 is 15.4 Å². The molecule has 3 rings (SSSR count). The normalized spacial score (nSPS) is 20.4. The van der Waals surface area contributed by atoms with Crippen molar-refractivity contribution < 1.29 is 23.4 Å². The molecule has 2 unspecified atom stereocenters. The number of anilines is 1. The third kappa shape index (κ3) is 4.84. The van der Waals surface area contributed by atoms with E-state index in [0.29, 0.717) is 30.8 Å². The molecule has 2 atom stereocenters. The van der Waals surface area contributed by atoms with E-state index in [9.17, 15) is 18.7 Å². The molecule has 1 aliphatic heterocycles. The van der Waals surface area contributed by atoms with Crippen LogP contribution in [0.5, 0.6) is 5.75 Å². The van der Waals surface area contributed by atoms with Gasteiger partial charge in [-0.05, 0) is 42.7 Å². The number of hydrogen-bond acceptors (Lipinski definition) is 5. The summed E-state index contributed by atoms with van der Waals surface area (Å²) in [5.74, 6) is 0.00135. The second kappa shape index (κ2) is 7.66. The molecular weight excluding hydrogens is 380 g/mol. The number of aliphatic hydroxyl groups is 1. The number of amides is 1. The van der Waals surface area contributed by atoms with Gasteiger partial charge in [0.05, 0.1) is 17.7 Å². The number of nitrogens with two attached hydrogens (primary N) is 1. The molecule has 0 saturated carbocycles. The highest BCUT2D eigenvalue weighted by atomic mass is 35.5. The highest BCUT2D eigenvalue weighted by Crippen LogP contribution is 2.35. The number of nitrogens with zero attached hydrogens (tertiary/aromatic N) is 2. The summed E-state index contributed by atoms with van der Waals surface area (Å²) in [6.07, 6.45) is 1.93. The molecule has 0 bridgehead atoms. The lowest BCUT2D eigenvalue weighted by Crippen LogP contribution is -2.39. The van der Waals surface area contributed by atoms with Gasteiger partial charge in [-0.3, -0.25) is 4.79 Å². The number of carbonyl (C=O) groups is 1. The Kier molecular flexibility index (Phi) is 5.48. The average molecular weight is 398 g/mol. The molecule has 1 aromatic carbocycles. The summed E-state index contributed by atoms with van der Waals surface area (Å²) in [4.78, 5) is 17.5. The van der Waals surface area contributed by atoms with Crippen LogP contribution in [0.4, 0.5) is 14.6 Å². The zero-order valence-electron chi connectivity index (χ0n) is 14.2. The standard InChI is InChI=1S/C18H18ClF2N3O3/c19-18(20,21)27-14-4-1-11(2-5-14)15-9-13(25)7-8-24(15)16-6-3-12(10-23-16)17(22)26/h1-6,10,13,15,25H,7-9H2,(H2,22,26). The van der Waals surface area contributed by atoms with E-state index in [4.69, 9.17) is 17.3 Å². The summed E-state index contributed by atoms with van der Waals surface area (Å²) >= 11 is 4.78. The highest BCUT2D eigenvalue weighted by molar-refractivity contribution is 6.20. The lowest BCUT2D eigenvalue weighted by Gasteiger charge is -2.39. The van der Waals surface area contributed by atoms with Crippen molar-refractivity contribution in [2.45, 2.75) is 30.6 Å². The van der Waals surface area contributed by atoms with Crippen molar-refractivity contribution in [3.63, 3.8) is 0 Å². The van der Waals surface area contributed by atoms with Crippen LogP contribution in [0.2, 0.25) is 0 Å². The van der Waals surface area contributed by atoms with E-state index in [1.165, 1.54) is 18.3 Å². The molecule has 3 N–H and O–H groups in total. The van der Waals surface area contributed by atoms with E-state index in [2.05, 4.69) is 9.72 Å². The molecule has 9 heteroatoms. The molecule has 1 saturated heterocycles. The summed E-state index contributed by atoms with van der Waals surface area (Å²) in [6.45, 7) is 0.548. The van der Waals surface area contributed by atoms with Crippen molar-refractivity contribution in [2.24, 2.45) is 5.73 Å². The van der Waals surface area contributed by atoms with E-state index in [1.54, 1.807) is 24.3 Å². The van der Waals surface area contributed by atoms with Crippen LogP contribution in [0.25, 0.3) is 0 Å². The fourth-order valence-corrected chi connectivity index (χ4v) is 3.22. The molecule has 144 valence electrons. The Balaban J connectivity index is 1.84. The number of ether oxygens (including phenoxy) is 1. The SMILES string of the molecule is NC(=O)c1ccc(N2CCC(O)CC2c2ccc(OC(F)(F)Cl)cc2)nc1. The number of rotatable bonds is 5. The second-order valence-corrected chi connectivity index (χ2v) is 6.71. The van der Waals surface area contributed by atoms with Crippen molar-refractivity contribution in [3.05, 3.63) is 53.7 Å². The van der Waals surface area contributed by atoms with Gasteiger partial charge in [0.1, 0.15) is 11.6 Å². The predicted octanol–water partition coefficient (Wildman–Crippen LogP) is 3.05. The number of primary amides is 1. The van der Waals surface area contributed by atoms with Gasteiger partial charge in [-0.25, -0.2) is 4.98 Å². The first-order valence-corrected chi connectivity index (χ1v) is 8.67. The minimum Gasteiger partial charge on any atom is -0.420 e. The number of alkyl halides is 3. The monoisotopic (exact) mass is 397 g/mol. The van der Waals surface area contributed by atoms with Crippen LogP contribution in [-0.2, 0) is 0 Å². The molecule has 1 aliphatic rings. The summed E-state index contributed by atoms with van der Waals surface area (Å²) in [7, 11) is 0. The number of aliphatic hydroxyl groups excluding tert-OH is 1. The lowest BCUT2D eigenvalue weighted by molar-refractivity contribution is -0.0964. The zero-order valence-corrected chi connectivity index (χ0v) is 14.9. The Morgan fingerprint density at radius 2 is 2.00 bits per heavy atom. The summed E-state index contributed by atoms with van der Waals surface area (Å²) in [6, 6.07) is 9.15. The number of carbonyl (C=O) groups excluding carboxylic acids is 1. The van der Waals surface area contributed by atoms with E-state index in [0.717, 1.165) is 5.56 Å². The van der Waals surface area contributed by atoms with Gasteiger partial charge in [-0.2, -0.15) is 0 Å². The van der Waals surface area contributed by atoms with Gasteiger partial charge in [0.15, 0.2) is 0 Å². The van der Waals surface area contributed by atoms with Crippen molar-refractivity contribution in [1.29, 1.82) is 0 Å². The van der Waals surface area contributed by atoms with Gasteiger partial charge >= 0.3 is 5.57 Å². The maximum atomic E-state index is 12.7. The fourth-order valence-electron chi connectivity index (χ4n) is 3.13. The first-order valence-electron chi connectivity index (χ1n) is 8.29. The minimum absolute atomic E-state index is 0.0643. The molecule has 1 amide bonds. The van der Waals surface area contributed by atoms with Gasteiger partial charge in [0, 0.05) is 24.3 Å². The van der Waals surface area contributed by atoms with Gasteiger partial charge in [0.25, 0.3) is 0 Å². The van der Waals surface area contributed by atoms with Gasteiger partial charge in [-0.1, -0.05) is 12.1 Å². The number of piperidine rings is 1. The average Bonchev–Trinajstić information content (AvgIpc) is 2.61. The number of hydrogen-bond donors (Lipinski definition) is 2. The van der Waals surface area contributed by atoms with Crippen LogP contribution in [0.15, 0.2) is 42.6 Å². The molecule has 0 aliphatic carbocycles. The Morgan fingerprint density at radius 1 is 1.30 bits per heavy atom. The van der Waals surface area contributed by atoms with Crippen LogP contribution >= 0.6 is 11.6 Å². The zero-order chi connectivity index (χ0) is 19.6. The van der Waals surface area contributed by atoms with Gasteiger partial charge in [-0.15, -0.1) is 8.78 Å². The Hall–Kier alpha value is -2.45. The third-order valence-electron chi connectivity index (χ3n) is 4.40. The van der Waals surface area contributed by atoms with Crippen LogP contribution in [0.1, 0.15) is 34.8 Å². The maximum Gasteiger partial charge on any atom is 0.487 e. The van der Waals surface area contributed by atoms with Gasteiger partial charge < -0.3 is 20.5 Å². The van der Waals surface area contributed by atoms with E-state index < -0.39 is 17.6 Å².